The molecule has 0 saturated carbocycles. The molecule has 0 aliphatic heterocycles. The Balaban J connectivity index is 2.29. The zero-order valence-corrected chi connectivity index (χ0v) is 14.4. The van der Waals surface area contributed by atoms with Gasteiger partial charge in [0.2, 0.25) is 10.0 Å². The number of rotatable bonds is 5. The molecule has 0 saturated heterocycles. The smallest absolute Gasteiger partial charge is 0.207 e. The van der Waals surface area contributed by atoms with Gasteiger partial charge in [-0.2, -0.15) is 0 Å². The fourth-order valence-electron chi connectivity index (χ4n) is 2.32. The summed E-state index contributed by atoms with van der Waals surface area (Å²) in [6.07, 6.45) is 0.702. The van der Waals surface area contributed by atoms with Crippen LogP contribution in [-0.4, -0.2) is 8.42 Å². The van der Waals surface area contributed by atoms with E-state index in [1.54, 1.807) is 12.1 Å². The molecule has 0 bridgehead atoms. The van der Waals surface area contributed by atoms with Crippen LogP contribution in [0.15, 0.2) is 47.4 Å². The van der Waals surface area contributed by atoms with Crippen molar-refractivity contribution in [2.45, 2.75) is 45.1 Å². The molecular formula is C18H23NO2S. The number of sulfonamides is 1. The SMILES string of the molecule is CC[C@H](NS(=O)(=O)c1ccc(C)c(C)c1)c1ccc(C)cc1. The van der Waals surface area contributed by atoms with E-state index in [0.717, 1.165) is 22.3 Å². The molecule has 0 spiro atoms. The molecule has 1 atom stereocenters. The van der Waals surface area contributed by atoms with E-state index in [4.69, 9.17) is 0 Å². The highest BCUT2D eigenvalue weighted by molar-refractivity contribution is 7.89. The lowest BCUT2D eigenvalue weighted by molar-refractivity contribution is 0.550. The molecule has 118 valence electrons. The van der Waals surface area contributed by atoms with Gasteiger partial charge in [0.05, 0.1) is 4.90 Å². The standard InChI is InChI=1S/C18H23NO2S/c1-5-18(16-9-6-13(2)7-10-16)19-22(20,21)17-11-8-14(3)15(4)12-17/h6-12,18-19H,5H2,1-4H3/t18-/m0/s1. The Morgan fingerprint density at radius 2 is 1.59 bits per heavy atom. The minimum atomic E-state index is -3.52. The van der Waals surface area contributed by atoms with Gasteiger partial charge >= 0.3 is 0 Å². The third-order valence-corrected chi connectivity index (χ3v) is 5.44. The van der Waals surface area contributed by atoms with Crippen LogP contribution in [0.3, 0.4) is 0 Å². The van der Waals surface area contributed by atoms with Gasteiger partial charge in [0.1, 0.15) is 0 Å². The number of hydrogen-bond acceptors (Lipinski definition) is 2. The van der Waals surface area contributed by atoms with E-state index >= 15 is 0 Å². The van der Waals surface area contributed by atoms with E-state index in [1.807, 2.05) is 58.0 Å². The molecule has 0 aliphatic carbocycles. The summed E-state index contributed by atoms with van der Waals surface area (Å²) in [6, 6.07) is 13.0. The second-order valence-electron chi connectivity index (χ2n) is 5.74. The molecule has 3 nitrogen and oxygen atoms in total. The summed E-state index contributed by atoms with van der Waals surface area (Å²) in [7, 11) is -3.52. The highest BCUT2D eigenvalue weighted by Crippen LogP contribution is 2.22. The van der Waals surface area contributed by atoms with Crippen LogP contribution in [-0.2, 0) is 10.0 Å². The molecule has 4 heteroatoms. The monoisotopic (exact) mass is 317 g/mol. The van der Waals surface area contributed by atoms with Crippen molar-refractivity contribution in [3.05, 3.63) is 64.7 Å². The van der Waals surface area contributed by atoms with Crippen LogP contribution in [0.1, 0.15) is 41.6 Å². The number of hydrogen-bond donors (Lipinski definition) is 1. The number of aryl methyl sites for hydroxylation is 3. The van der Waals surface area contributed by atoms with Crippen molar-refractivity contribution < 1.29 is 8.42 Å². The average molecular weight is 317 g/mol. The Morgan fingerprint density at radius 1 is 0.955 bits per heavy atom. The van der Waals surface area contributed by atoms with Crippen LogP contribution >= 0.6 is 0 Å². The summed E-state index contributed by atoms with van der Waals surface area (Å²) < 4.78 is 28.0. The number of nitrogens with one attached hydrogen (secondary N) is 1. The Morgan fingerprint density at radius 3 is 2.14 bits per heavy atom. The van der Waals surface area contributed by atoms with E-state index in [0.29, 0.717) is 11.3 Å². The lowest BCUT2D eigenvalue weighted by Crippen LogP contribution is -2.28. The third kappa shape index (κ3) is 3.76. The highest BCUT2D eigenvalue weighted by Gasteiger charge is 2.20. The molecule has 0 heterocycles. The largest absolute Gasteiger partial charge is 0.241 e. The first-order valence-corrected chi connectivity index (χ1v) is 8.98. The molecule has 2 aromatic carbocycles. The normalized spacial score (nSPS) is 13.1. The minimum Gasteiger partial charge on any atom is -0.207 e. The van der Waals surface area contributed by atoms with Gasteiger partial charge in [0.25, 0.3) is 0 Å². The summed E-state index contributed by atoms with van der Waals surface area (Å²) in [6.45, 7) is 7.89. The van der Waals surface area contributed by atoms with Crippen molar-refractivity contribution >= 4 is 10.0 Å². The van der Waals surface area contributed by atoms with Gasteiger partial charge in [0.15, 0.2) is 0 Å². The molecule has 0 aromatic heterocycles. The van der Waals surface area contributed by atoms with Crippen molar-refractivity contribution in [1.29, 1.82) is 0 Å². The Labute approximate surface area is 133 Å². The van der Waals surface area contributed by atoms with E-state index in [9.17, 15) is 8.42 Å². The fraction of sp³-hybridized carbons (Fsp3) is 0.333. The summed E-state index contributed by atoms with van der Waals surface area (Å²) in [4.78, 5) is 0.321. The lowest BCUT2D eigenvalue weighted by Gasteiger charge is -2.18. The van der Waals surface area contributed by atoms with E-state index in [2.05, 4.69) is 4.72 Å². The van der Waals surface area contributed by atoms with Crippen LogP contribution in [0.25, 0.3) is 0 Å². The van der Waals surface area contributed by atoms with Gasteiger partial charge < -0.3 is 0 Å². The zero-order chi connectivity index (χ0) is 16.3. The maximum absolute atomic E-state index is 12.6. The molecule has 0 unspecified atom stereocenters. The van der Waals surface area contributed by atoms with Gasteiger partial charge in [-0.15, -0.1) is 0 Å². The predicted octanol–water partition coefficient (Wildman–Crippen LogP) is 4.04. The van der Waals surface area contributed by atoms with Crippen LogP contribution in [0.4, 0.5) is 0 Å². The Hall–Kier alpha value is -1.65. The van der Waals surface area contributed by atoms with Crippen LogP contribution in [0.5, 0.6) is 0 Å². The second-order valence-corrected chi connectivity index (χ2v) is 7.45. The van der Waals surface area contributed by atoms with Gasteiger partial charge in [-0.25, -0.2) is 13.1 Å². The second kappa shape index (κ2) is 6.63. The predicted molar refractivity (Wildman–Crippen MR) is 90.4 cm³/mol. The topological polar surface area (TPSA) is 46.2 Å². The first-order chi connectivity index (χ1) is 10.3. The molecule has 2 rings (SSSR count). The third-order valence-electron chi connectivity index (χ3n) is 3.97. The molecule has 22 heavy (non-hydrogen) atoms. The summed E-state index contributed by atoms with van der Waals surface area (Å²) >= 11 is 0. The van der Waals surface area contributed by atoms with Crippen molar-refractivity contribution in [2.75, 3.05) is 0 Å². The molecule has 0 radical (unpaired) electrons. The maximum atomic E-state index is 12.6. The first-order valence-electron chi connectivity index (χ1n) is 7.49. The molecular weight excluding hydrogens is 294 g/mol. The molecule has 2 aromatic rings. The maximum Gasteiger partial charge on any atom is 0.241 e. The Bertz CT molecular complexity index is 749. The summed E-state index contributed by atoms with van der Waals surface area (Å²) in [5.74, 6) is 0. The van der Waals surface area contributed by atoms with Crippen LogP contribution < -0.4 is 4.72 Å². The average Bonchev–Trinajstić information content (AvgIpc) is 2.48. The first kappa shape index (κ1) is 16.7. The molecule has 0 aliphatic rings. The molecule has 0 fully saturated rings. The fourth-order valence-corrected chi connectivity index (χ4v) is 3.71. The van der Waals surface area contributed by atoms with Crippen molar-refractivity contribution in [1.82, 2.24) is 4.72 Å². The summed E-state index contributed by atoms with van der Waals surface area (Å²) in [5.41, 5.74) is 4.21. The quantitative estimate of drug-likeness (QED) is 0.904. The van der Waals surface area contributed by atoms with E-state index in [1.165, 1.54) is 0 Å². The van der Waals surface area contributed by atoms with E-state index in [-0.39, 0.29) is 6.04 Å². The van der Waals surface area contributed by atoms with Gasteiger partial charge in [-0.3, -0.25) is 0 Å². The van der Waals surface area contributed by atoms with Crippen molar-refractivity contribution in [3.8, 4) is 0 Å². The van der Waals surface area contributed by atoms with Crippen LogP contribution in [0, 0.1) is 20.8 Å². The van der Waals surface area contributed by atoms with Crippen molar-refractivity contribution in [2.24, 2.45) is 0 Å². The minimum absolute atomic E-state index is 0.216. The molecule has 0 amide bonds. The lowest BCUT2D eigenvalue weighted by atomic mass is 10.0. The van der Waals surface area contributed by atoms with Gasteiger partial charge in [0, 0.05) is 6.04 Å². The van der Waals surface area contributed by atoms with E-state index < -0.39 is 10.0 Å². The summed E-state index contributed by atoms with van der Waals surface area (Å²) in [5, 5.41) is 0. The number of benzene rings is 2. The Kier molecular flexibility index (Phi) is 5.04. The highest BCUT2D eigenvalue weighted by atomic mass is 32.2. The van der Waals surface area contributed by atoms with Crippen LogP contribution in [0.2, 0.25) is 0 Å². The van der Waals surface area contributed by atoms with Crippen molar-refractivity contribution in [3.63, 3.8) is 0 Å². The molecule has 1 N–H and O–H groups in total. The van der Waals surface area contributed by atoms with Gasteiger partial charge in [-0.1, -0.05) is 42.8 Å². The van der Waals surface area contributed by atoms with Gasteiger partial charge in [-0.05, 0) is 56.0 Å². The zero-order valence-electron chi connectivity index (χ0n) is 13.6.